The zero-order chi connectivity index (χ0) is 31.4. The molecule has 0 atom stereocenters. The van der Waals surface area contributed by atoms with Crippen LogP contribution in [0.5, 0.6) is 11.5 Å². The summed E-state index contributed by atoms with van der Waals surface area (Å²) in [6, 6.07) is 22.0. The number of sulfonamides is 2. The molecular weight excluding hydrogens is 590 g/mol. The Labute approximate surface area is 252 Å². The topological polar surface area (TPSA) is 131 Å². The van der Waals surface area contributed by atoms with Crippen LogP contribution in [-0.4, -0.2) is 43.5 Å². The third-order valence-corrected chi connectivity index (χ3v) is 9.86. The van der Waals surface area contributed by atoms with E-state index in [1.165, 1.54) is 56.7 Å². The molecule has 0 fully saturated rings. The highest BCUT2D eigenvalue weighted by Crippen LogP contribution is 2.36. The lowest BCUT2D eigenvalue weighted by Gasteiger charge is -2.26. The standard InChI is InChI=1S/C31H33N3O7S2/c1-21-9-14-27(15-10-21)43(38,39)34(28-19-25(40-4)13-18-29(28)41-5)20-30(35)32-24-11-16-26(17-12-24)42(36,37)33-31-22(2)7-6-8-23(31)3/h6-19,33H,20H2,1-5H3,(H,32,35). The Kier molecular flexibility index (Phi) is 9.31. The number of ether oxygens (including phenoxy) is 2. The van der Waals surface area contributed by atoms with E-state index in [1.54, 1.807) is 24.3 Å². The SMILES string of the molecule is COc1ccc(OC)c(N(CC(=O)Nc2ccc(S(=O)(=O)Nc3c(C)cccc3C)cc2)S(=O)(=O)c2ccc(C)cc2)c1. The quantitative estimate of drug-likeness (QED) is 0.233. The Morgan fingerprint density at radius 1 is 0.767 bits per heavy atom. The van der Waals surface area contributed by atoms with Gasteiger partial charge in [-0.15, -0.1) is 0 Å². The maximum Gasteiger partial charge on any atom is 0.264 e. The van der Waals surface area contributed by atoms with Crippen molar-refractivity contribution in [2.24, 2.45) is 0 Å². The van der Waals surface area contributed by atoms with Gasteiger partial charge in [-0.2, -0.15) is 0 Å². The molecule has 0 saturated heterocycles. The van der Waals surface area contributed by atoms with Crippen LogP contribution in [0.15, 0.2) is 94.7 Å². The van der Waals surface area contributed by atoms with Crippen molar-refractivity contribution in [3.8, 4) is 11.5 Å². The summed E-state index contributed by atoms with van der Waals surface area (Å²) >= 11 is 0. The molecule has 0 saturated carbocycles. The molecule has 0 spiro atoms. The molecule has 2 N–H and O–H groups in total. The minimum absolute atomic E-state index is 0.00200. The molecule has 0 aliphatic carbocycles. The Hall–Kier alpha value is -4.55. The van der Waals surface area contributed by atoms with E-state index in [2.05, 4.69) is 10.0 Å². The summed E-state index contributed by atoms with van der Waals surface area (Å²) in [5.41, 5.74) is 3.33. The third-order valence-electron chi connectivity index (χ3n) is 6.72. The monoisotopic (exact) mass is 623 g/mol. The molecular formula is C31H33N3O7S2. The number of hydrogen-bond donors (Lipinski definition) is 2. The van der Waals surface area contributed by atoms with E-state index in [0.717, 1.165) is 21.0 Å². The summed E-state index contributed by atoms with van der Waals surface area (Å²) in [7, 11) is -5.29. The van der Waals surface area contributed by atoms with Gasteiger partial charge in [-0.1, -0.05) is 35.9 Å². The van der Waals surface area contributed by atoms with E-state index in [4.69, 9.17) is 9.47 Å². The first-order valence-corrected chi connectivity index (χ1v) is 16.1. The number of rotatable bonds is 11. The Bertz CT molecular complexity index is 1820. The molecule has 0 radical (unpaired) electrons. The summed E-state index contributed by atoms with van der Waals surface area (Å²) in [5.74, 6) is -0.0772. The van der Waals surface area contributed by atoms with Gasteiger partial charge < -0.3 is 14.8 Å². The van der Waals surface area contributed by atoms with E-state index in [9.17, 15) is 21.6 Å². The number of benzene rings is 4. The first kappa shape index (κ1) is 31.4. The van der Waals surface area contributed by atoms with Crippen LogP contribution in [0.1, 0.15) is 16.7 Å². The molecule has 226 valence electrons. The fourth-order valence-electron chi connectivity index (χ4n) is 4.35. The highest BCUT2D eigenvalue weighted by Gasteiger charge is 2.30. The predicted octanol–water partition coefficient (Wildman–Crippen LogP) is 5.26. The van der Waals surface area contributed by atoms with Gasteiger partial charge in [-0.25, -0.2) is 16.8 Å². The summed E-state index contributed by atoms with van der Waals surface area (Å²) in [5, 5.41) is 2.66. The van der Waals surface area contributed by atoms with Gasteiger partial charge in [0.2, 0.25) is 5.91 Å². The minimum atomic E-state index is -4.23. The van der Waals surface area contributed by atoms with Crippen molar-refractivity contribution in [3.63, 3.8) is 0 Å². The molecule has 0 unspecified atom stereocenters. The molecule has 0 bridgehead atoms. The Balaban J connectivity index is 1.61. The molecule has 10 nitrogen and oxygen atoms in total. The summed E-state index contributed by atoms with van der Waals surface area (Å²) in [4.78, 5) is 13.2. The molecule has 12 heteroatoms. The van der Waals surface area contributed by atoms with Crippen molar-refractivity contribution < 1.29 is 31.1 Å². The second-order valence-corrected chi connectivity index (χ2v) is 13.4. The molecule has 4 aromatic rings. The van der Waals surface area contributed by atoms with Crippen LogP contribution in [0.4, 0.5) is 17.1 Å². The van der Waals surface area contributed by atoms with Crippen molar-refractivity contribution in [2.45, 2.75) is 30.6 Å². The Morgan fingerprint density at radius 2 is 1.37 bits per heavy atom. The fourth-order valence-corrected chi connectivity index (χ4v) is 6.97. The van der Waals surface area contributed by atoms with Gasteiger partial charge in [-0.05, 0) is 80.4 Å². The van der Waals surface area contributed by atoms with Crippen LogP contribution in [0, 0.1) is 20.8 Å². The summed E-state index contributed by atoms with van der Waals surface area (Å²) < 4.78 is 68.0. The summed E-state index contributed by atoms with van der Waals surface area (Å²) in [6.07, 6.45) is 0. The second kappa shape index (κ2) is 12.8. The van der Waals surface area contributed by atoms with Crippen LogP contribution in [0.25, 0.3) is 0 Å². The van der Waals surface area contributed by atoms with E-state index in [0.29, 0.717) is 11.4 Å². The number of carbonyl (C=O) groups excluding carboxylic acids is 1. The lowest BCUT2D eigenvalue weighted by atomic mass is 10.1. The lowest BCUT2D eigenvalue weighted by Crippen LogP contribution is -2.38. The van der Waals surface area contributed by atoms with Gasteiger partial charge in [0.25, 0.3) is 20.0 Å². The van der Waals surface area contributed by atoms with Crippen molar-refractivity contribution in [1.82, 2.24) is 0 Å². The van der Waals surface area contributed by atoms with Gasteiger partial charge in [-0.3, -0.25) is 13.8 Å². The van der Waals surface area contributed by atoms with E-state index < -0.39 is 32.5 Å². The van der Waals surface area contributed by atoms with Crippen LogP contribution in [0.2, 0.25) is 0 Å². The number of carbonyl (C=O) groups is 1. The van der Waals surface area contributed by atoms with Crippen LogP contribution in [0.3, 0.4) is 0 Å². The molecule has 0 aliphatic heterocycles. The maximum absolute atomic E-state index is 13.8. The van der Waals surface area contributed by atoms with Crippen molar-refractivity contribution in [3.05, 3.63) is 102 Å². The van der Waals surface area contributed by atoms with E-state index in [-0.39, 0.29) is 26.9 Å². The van der Waals surface area contributed by atoms with Gasteiger partial charge in [0.1, 0.15) is 18.0 Å². The number of methoxy groups -OCH3 is 2. The maximum atomic E-state index is 13.8. The van der Waals surface area contributed by atoms with Crippen LogP contribution in [-0.2, 0) is 24.8 Å². The molecule has 1 amide bonds. The number of nitrogens with zero attached hydrogens (tertiary/aromatic N) is 1. The van der Waals surface area contributed by atoms with Crippen LogP contribution < -0.4 is 23.8 Å². The average molecular weight is 624 g/mol. The number of para-hydroxylation sites is 1. The first-order chi connectivity index (χ1) is 20.3. The zero-order valence-corrected chi connectivity index (χ0v) is 26.0. The number of nitrogens with one attached hydrogen (secondary N) is 2. The summed E-state index contributed by atoms with van der Waals surface area (Å²) in [6.45, 7) is 4.86. The van der Waals surface area contributed by atoms with Gasteiger partial charge in [0.05, 0.1) is 35.4 Å². The lowest BCUT2D eigenvalue weighted by molar-refractivity contribution is -0.114. The molecule has 0 aromatic heterocycles. The number of anilines is 3. The van der Waals surface area contributed by atoms with Crippen LogP contribution >= 0.6 is 0 Å². The normalized spacial score (nSPS) is 11.5. The number of hydrogen-bond acceptors (Lipinski definition) is 7. The average Bonchev–Trinajstić information content (AvgIpc) is 2.98. The van der Waals surface area contributed by atoms with Gasteiger partial charge >= 0.3 is 0 Å². The largest absolute Gasteiger partial charge is 0.497 e. The van der Waals surface area contributed by atoms with Crippen molar-refractivity contribution >= 4 is 43.0 Å². The minimum Gasteiger partial charge on any atom is -0.497 e. The first-order valence-electron chi connectivity index (χ1n) is 13.2. The van der Waals surface area contributed by atoms with E-state index in [1.807, 2.05) is 39.0 Å². The van der Waals surface area contributed by atoms with Gasteiger partial charge in [0, 0.05) is 11.8 Å². The molecule has 4 aromatic carbocycles. The fraction of sp³-hybridized carbons (Fsp3) is 0.194. The van der Waals surface area contributed by atoms with Crippen molar-refractivity contribution in [2.75, 3.05) is 35.1 Å². The van der Waals surface area contributed by atoms with Gasteiger partial charge in [0.15, 0.2) is 0 Å². The number of aryl methyl sites for hydroxylation is 3. The molecule has 0 heterocycles. The number of amides is 1. The molecule has 43 heavy (non-hydrogen) atoms. The molecule has 0 aliphatic rings. The smallest absolute Gasteiger partial charge is 0.264 e. The predicted molar refractivity (Wildman–Crippen MR) is 167 cm³/mol. The second-order valence-electron chi connectivity index (χ2n) is 9.81. The third kappa shape index (κ3) is 7.09. The van der Waals surface area contributed by atoms with Crippen molar-refractivity contribution in [1.29, 1.82) is 0 Å². The Morgan fingerprint density at radius 3 is 1.95 bits per heavy atom. The zero-order valence-electron chi connectivity index (χ0n) is 24.4. The van der Waals surface area contributed by atoms with E-state index >= 15 is 0 Å². The molecule has 4 rings (SSSR count). The highest BCUT2D eigenvalue weighted by atomic mass is 32.2. The highest BCUT2D eigenvalue weighted by molar-refractivity contribution is 7.93.